The van der Waals surface area contributed by atoms with E-state index in [1.165, 1.54) is 0 Å². The molecule has 2 amide bonds. The third kappa shape index (κ3) is 9.69. The lowest BCUT2D eigenvalue weighted by molar-refractivity contribution is -0.122. The van der Waals surface area contributed by atoms with Gasteiger partial charge in [0.15, 0.2) is 5.11 Å². The number of nitrogens with one attached hydrogen (secondary N) is 3. The molecule has 1 aromatic rings. The summed E-state index contributed by atoms with van der Waals surface area (Å²) in [6.07, 6.45) is 1.07. The van der Waals surface area contributed by atoms with Crippen molar-refractivity contribution >= 4 is 45.1 Å². The topological polar surface area (TPSA) is 88.7 Å². The second-order valence-corrected chi connectivity index (χ2v) is 7.40. The molecule has 150 valence electrons. The molecule has 0 fully saturated rings. The Bertz CT molecular complexity index is 655. The third-order valence-corrected chi connectivity index (χ3v) is 4.06. The first kappa shape index (κ1) is 23.3. The van der Waals surface area contributed by atoms with Gasteiger partial charge in [0.05, 0.1) is 25.2 Å². The van der Waals surface area contributed by atoms with Crippen LogP contribution in [-0.2, 0) is 9.53 Å². The highest BCUT2D eigenvalue weighted by Crippen LogP contribution is 2.23. The molecule has 0 radical (unpaired) electrons. The van der Waals surface area contributed by atoms with Gasteiger partial charge in [-0.3, -0.25) is 25.8 Å². The zero-order valence-electron chi connectivity index (χ0n) is 15.8. The van der Waals surface area contributed by atoms with Crippen LogP contribution in [0.25, 0.3) is 0 Å². The van der Waals surface area contributed by atoms with Crippen molar-refractivity contribution in [2.75, 3.05) is 19.8 Å². The van der Waals surface area contributed by atoms with Gasteiger partial charge in [-0.15, -0.1) is 0 Å². The summed E-state index contributed by atoms with van der Waals surface area (Å²) in [5.41, 5.74) is 5.25. The number of carbonyl (C=O) groups excluding carboxylic acids is 2. The van der Waals surface area contributed by atoms with E-state index in [9.17, 15) is 9.59 Å². The number of thiocarbonyl (C=S) groups is 1. The van der Waals surface area contributed by atoms with Gasteiger partial charge in [-0.1, -0.05) is 29.8 Å². The average molecular weight is 460 g/mol. The van der Waals surface area contributed by atoms with E-state index in [0.717, 1.165) is 10.9 Å². The van der Waals surface area contributed by atoms with E-state index in [2.05, 4.69) is 45.9 Å². The van der Waals surface area contributed by atoms with Crippen molar-refractivity contribution in [3.05, 3.63) is 28.2 Å². The van der Waals surface area contributed by atoms with Gasteiger partial charge in [0.25, 0.3) is 5.91 Å². The van der Waals surface area contributed by atoms with E-state index in [1.54, 1.807) is 18.2 Å². The van der Waals surface area contributed by atoms with Crippen LogP contribution in [0.1, 0.15) is 44.0 Å². The molecule has 0 saturated heterocycles. The van der Waals surface area contributed by atoms with Crippen LogP contribution in [0.5, 0.6) is 5.75 Å². The molecular formula is C18H26BrN3O4S. The number of amides is 2. The lowest BCUT2D eigenvalue weighted by atomic mass is 10.1. The molecule has 0 aromatic heterocycles. The number of hydrogen-bond donors (Lipinski definition) is 3. The Kier molecular flexibility index (Phi) is 10.9. The zero-order valence-corrected chi connectivity index (χ0v) is 18.2. The van der Waals surface area contributed by atoms with Crippen molar-refractivity contribution in [3.8, 4) is 5.75 Å². The highest BCUT2D eigenvalue weighted by Gasteiger charge is 2.15. The van der Waals surface area contributed by atoms with Gasteiger partial charge in [-0.25, -0.2) is 0 Å². The van der Waals surface area contributed by atoms with Crippen LogP contribution in [0.2, 0.25) is 0 Å². The van der Waals surface area contributed by atoms with Crippen molar-refractivity contribution in [2.24, 2.45) is 5.92 Å². The van der Waals surface area contributed by atoms with Crippen LogP contribution in [0.4, 0.5) is 0 Å². The first-order valence-electron chi connectivity index (χ1n) is 8.73. The molecule has 0 bridgehead atoms. The van der Waals surface area contributed by atoms with Crippen molar-refractivity contribution in [1.29, 1.82) is 0 Å². The van der Waals surface area contributed by atoms with Gasteiger partial charge in [-0.05, 0) is 49.7 Å². The SMILES string of the molecule is CCOCCC(=O)NNC(=S)NC(=O)c1cc(Br)ccc1OCCC(C)C. The van der Waals surface area contributed by atoms with Crippen molar-refractivity contribution in [3.63, 3.8) is 0 Å². The lowest BCUT2D eigenvalue weighted by Crippen LogP contribution is -2.48. The summed E-state index contributed by atoms with van der Waals surface area (Å²) in [7, 11) is 0. The molecule has 0 saturated carbocycles. The van der Waals surface area contributed by atoms with Gasteiger partial charge in [0.1, 0.15) is 5.75 Å². The summed E-state index contributed by atoms with van der Waals surface area (Å²) < 4.78 is 11.6. The van der Waals surface area contributed by atoms with Crippen LogP contribution >= 0.6 is 28.1 Å². The van der Waals surface area contributed by atoms with Crippen LogP contribution < -0.4 is 20.9 Å². The molecule has 1 rings (SSSR count). The van der Waals surface area contributed by atoms with Gasteiger partial charge < -0.3 is 9.47 Å². The minimum atomic E-state index is -0.433. The molecule has 0 atom stereocenters. The van der Waals surface area contributed by atoms with E-state index >= 15 is 0 Å². The second-order valence-electron chi connectivity index (χ2n) is 6.07. The second kappa shape index (κ2) is 12.6. The van der Waals surface area contributed by atoms with Crippen molar-refractivity contribution < 1.29 is 19.1 Å². The van der Waals surface area contributed by atoms with Crippen LogP contribution in [0.15, 0.2) is 22.7 Å². The van der Waals surface area contributed by atoms with Gasteiger partial charge in [0.2, 0.25) is 5.91 Å². The van der Waals surface area contributed by atoms with E-state index in [0.29, 0.717) is 37.1 Å². The normalized spacial score (nSPS) is 10.4. The van der Waals surface area contributed by atoms with E-state index in [-0.39, 0.29) is 17.4 Å². The molecule has 1 aromatic carbocycles. The lowest BCUT2D eigenvalue weighted by Gasteiger charge is -2.14. The number of rotatable bonds is 9. The Balaban J connectivity index is 2.58. The Hall–Kier alpha value is -1.71. The molecule has 0 aliphatic carbocycles. The predicted molar refractivity (Wildman–Crippen MR) is 112 cm³/mol. The van der Waals surface area contributed by atoms with Crippen LogP contribution in [0, 0.1) is 5.92 Å². The third-order valence-electron chi connectivity index (χ3n) is 3.36. The van der Waals surface area contributed by atoms with Crippen molar-refractivity contribution in [1.82, 2.24) is 16.2 Å². The average Bonchev–Trinajstić information content (AvgIpc) is 2.61. The summed E-state index contributed by atoms with van der Waals surface area (Å²) in [5, 5.41) is 2.50. The molecule has 0 aliphatic rings. The number of benzene rings is 1. The highest BCUT2D eigenvalue weighted by atomic mass is 79.9. The molecule has 27 heavy (non-hydrogen) atoms. The highest BCUT2D eigenvalue weighted by molar-refractivity contribution is 9.10. The molecular weight excluding hydrogens is 434 g/mol. The minimum absolute atomic E-state index is 0.0159. The van der Waals surface area contributed by atoms with Crippen LogP contribution in [-0.4, -0.2) is 36.7 Å². The Morgan fingerprint density at radius 1 is 1.22 bits per heavy atom. The maximum absolute atomic E-state index is 12.5. The molecule has 0 heterocycles. The monoisotopic (exact) mass is 459 g/mol. The fraction of sp³-hybridized carbons (Fsp3) is 0.500. The molecule has 0 unspecified atom stereocenters. The Morgan fingerprint density at radius 2 is 1.96 bits per heavy atom. The first-order valence-corrected chi connectivity index (χ1v) is 9.93. The number of ether oxygens (including phenoxy) is 2. The zero-order chi connectivity index (χ0) is 20.2. The van der Waals surface area contributed by atoms with Gasteiger partial charge in [-0.2, -0.15) is 0 Å². The maximum atomic E-state index is 12.5. The maximum Gasteiger partial charge on any atom is 0.261 e. The number of halogens is 1. The summed E-state index contributed by atoms with van der Waals surface area (Å²) in [6.45, 7) is 7.43. The van der Waals surface area contributed by atoms with Crippen LogP contribution in [0.3, 0.4) is 0 Å². The molecule has 7 nitrogen and oxygen atoms in total. The van der Waals surface area contributed by atoms with Crippen molar-refractivity contribution in [2.45, 2.75) is 33.6 Å². The van der Waals surface area contributed by atoms with Gasteiger partial charge >= 0.3 is 0 Å². The summed E-state index contributed by atoms with van der Waals surface area (Å²) in [4.78, 5) is 24.1. The molecule has 0 aliphatic heterocycles. The van der Waals surface area contributed by atoms with E-state index in [1.807, 2.05) is 6.92 Å². The fourth-order valence-electron chi connectivity index (χ4n) is 1.91. The summed E-state index contributed by atoms with van der Waals surface area (Å²) in [6, 6.07) is 5.19. The summed E-state index contributed by atoms with van der Waals surface area (Å²) >= 11 is 8.39. The fourth-order valence-corrected chi connectivity index (χ4v) is 2.41. The molecule has 0 spiro atoms. The first-order chi connectivity index (χ1) is 12.8. The molecule has 3 N–H and O–H groups in total. The van der Waals surface area contributed by atoms with E-state index in [4.69, 9.17) is 21.7 Å². The quantitative estimate of drug-likeness (QED) is 0.298. The Morgan fingerprint density at radius 3 is 2.63 bits per heavy atom. The number of carbonyl (C=O) groups is 2. The minimum Gasteiger partial charge on any atom is -0.493 e. The number of hydrogen-bond acceptors (Lipinski definition) is 5. The summed E-state index contributed by atoms with van der Waals surface area (Å²) in [5.74, 6) is 0.248. The Labute approximate surface area is 173 Å². The van der Waals surface area contributed by atoms with E-state index < -0.39 is 5.91 Å². The largest absolute Gasteiger partial charge is 0.493 e. The van der Waals surface area contributed by atoms with Gasteiger partial charge in [0, 0.05) is 11.1 Å². The number of hydrazine groups is 1. The molecule has 9 heteroatoms. The predicted octanol–water partition coefficient (Wildman–Crippen LogP) is 2.94. The smallest absolute Gasteiger partial charge is 0.261 e. The standard InChI is InChI=1S/C18H26BrN3O4S/c1-4-25-9-8-16(23)21-22-18(27)20-17(24)14-11-13(19)5-6-15(14)26-10-7-12(2)3/h5-6,11-12H,4,7-10H2,1-3H3,(H,21,23)(H2,20,22,24,27).